The van der Waals surface area contributed by atoms with E-state index in [-0.39, 0.29) is 24.7 Å². The average molecular weight is 825 g/mol. The van der Waals surface area contributed by atoms with Crippen LogP contribution in [0.5, 0.6) is 11.5 Å². The smallest absolute Gasteiger partial charge is 0.222 e. The van der Waals surface area contributed by atoms with Gasteiger partial charge >= 0.3 is 0 Å². The predicted octanol–water partition coefficient (Wildman–Crippen LogP) is 6.72. The Morgan fingerprint density at radius 2 is 1.20 bits per heavy atom. The first-order valence-corrected chi connectivity index (χ1v) is 20.3. The Morgan fingerprint density at radius 3 is 1.75 bits per heavy atom. The first-order valence-electron chi connectivity index (χ1n) is 19.9. The van der Waals surface area contributed by atoms with Crippen LogP contribution in [0, 0.1) is 20.8 Å². The van der Waals surface area contributed by atoms with Gasteiger partial charge in [0, 0.05) is 40.4 Å². The third kappa shape index (κ3) is 8.15. The van der Waals surface area contributed by atoms with Gasteiger partial charge in [0.2, 0.25) is 11.8 Å². The van der Waals surface area contributed by atoms with Gasteiger partial charge < -0.3 is 20.1 Å². The van der Waals surface area contributed by atoms with Crippen molar-refractivity contribution in [1.82, 2.24) is 40.2 Å². The quantitative estimate of drug-likeness (QED) is 0.121. The number of aliphatic imine (C=N–C) groups is 2. The molecule has 2 aliphatic heterocycles. The summed E-state index contributed by atoms with van der Waals surface area (Å²) in [5.41, 5.74) is 7.65. The molecule has 0 bridgehead atoms. The molecule has 4 heterocycles. The Morgan fingerprint density at radius 1 is 0.683 bits per heavy atom. The van der Waals surface area contributed by atoms with Crippen molar-refractivity contribution in [2.45, 2.75) is 59.0 Å². The molecule has 4 aromatic carbocycles. The largest absolute Gasteiger partial charge is 0.497 e. The maximum atomic E-state index is 13.6. The summed E-state index contributed by atoms with van der Waals surface area (Å²) in [4.78, 5) is 36.8. The van der Waals surface area contributed by atoms with Crippen molar-refractivity contribution in [3.8, 4) is 22.9 Å². The van der Waals surface area contributed by atoms with E-state index in [9.17, 15) is 9.59 Å². The number of fused-ring (bicyclic) bond motifs is 6. The van der Waals surface area contributed by atoms with Crippen molar-refractivity contribution in [3.05, 3.63) is 141 Å². The van der Waals surface area contributed by atoms with Crippen LogP contribution in [0.3, 0.4) is 0 Å². The van der Waals surface area contributed by atoms with E-state index in [2.05, 4.69) is 31.0 Å². The third-order valence-electron chi connectivity index (χ3n) is 10.5. The summed E-state index contributed by atoms with van der Waals surface area (Å²) in [6.45, 7) is 8.96. The van der Waals surface area contributed by atoms with Crippen LogP contribution < -0.4 is 20.1 Å². The van der Waals surface area contributed by atoms with Gasteiger partial charge in [-0.05, 0) is 82.6 Å². The van der Waals surface area contributed by atoms with Gasteiger partial charge in [-0.3, -0.25) is 28.7 Å². The lowest BCUT2D eigenvalue weighted by molar-refractivity contribution is -0.122. The maximum absolute atomic E-state index is 13.6. The Kier molecular flexibility index (Phi) is 11.6. The van der Waals surface area contributed by atoms with Gasteiger partial charge in [-0.2, -0.15) is 0 Å². The normalized spacial score (nSPS) is 15.2. The summed E-state index contributed by atoms with van der Waals surface area (Å²) in [6.07, 6.45) is 0.734. The lowest BCUT2D eigenvalue weighted by Gasteiger charge is -2.15. The molecule has 60 heavy (non-hydrogen) atoms. The Hall–Kier alpha value is -6.67. The maximum Gasteiger partial charge on any atom is 0.222 e. The zero-order valence-electron chi connectivity index (χ0n) is 34.1. The number of ether oxygens (including phenoxy) is 2. The molecule has 2 aromatic heterocycles. The number of hydrogen-bond acceptors (Lipinski definition) is 10. The number of aryl methyl sites for hydroxylation is 3. The third-order valence-corrected chi connectivity index (χ3v) is 10.8. The molecule has 306 valence electrons. The van der Waals surface area contributed by atoms with E-state index in [1.807, 2.05) is 122 Å². The highest BCUT2D eigenvalue weighted by molar-refractivity contribution is 6.30. The molecule has 6 aromatic rings. The Balaban J connectivity index is 0.988. The second kappa shape index (κ2) is 17.3. The molecule has 2 atom stereocenters. The number of nitrogens with zero attached hydrogens (tertiary/aromatic N) is 8. The van der Waals surface area contributed by atoms with Crippen LogP contribution >= 0.6 is 11.6 Å². The van der Waals surface area contributed by atoms with E-state index >= 15 is 0 Å². The fourth-order valence-corrected chi connectivity index (χ4v) is 7.73. The first-order chi connectivity index (χ1) is 29.1. The lowest BCUT2D eigenvalue weighted by Crippen LogP contribution is -2.27. The predicted molar refractivity (Wildman–Crippen MR) is 229 cm³/mol. The summed E-state index contributed by atoms with van der Waals surface area (Å²) >= 11 is 6.26. The van der Waals surface area contributed by atoms with Crippen LogP contribution in [-0.2, 0) is 9.59 Å². The van der Waals surface area contributed by atoms with Crippen molar-refractivity contribution in [2.75, 3.05) is 26.8 Å². The molecule has 2 amide bonds. The summed E-state index contributed by atoms with van der Waals surface area (Å²) < 4.78 is 15.8. The van der Waals surface area contributed by atoms with Gasteiger partial charge in [-0.15, -0.1) is 20.4 Å². The molecule has 15 heteroatoms. The number of aromatic nitrogens is 6. The van der Waals surface area contributed by atoms with Gasteiger partial charge in [-0.1, -0.05) is 53.6 Å². The van der Waals surface area contributed by atoms with Crippen LogP contribution in [0.1, 0.15) is 89.4 Å². The fraction of sp³-hybridized carbons (Fsp3) is 0.289. The van der Waals surface area contributed by atoms with Gasteiger partial charge in [0.15, 0.2) is 11.6 Å². The summed E-state index contributed by atoms with van der Waals surface area (Å²) in [5.74, 6) is 3.56. The number of rotatable bonds is 13. The van der Waals surface area contributed by atoms with Gasteiger partial charge in [0.1, 0.15) is 35.2 Å². The fourth-order valence-electron chi connectivity index (χ4n) is 7.60. The van der Waals surface area contributed by atoms with Crippen LogP contribution in [-0.4, -0.2) is 79.6 Å². The topological polar surface area (TPSA) is 163 Å². The van der Waals surface area contributed by atoms with Gasteiger partial charge in [0.25, 0.3) is 0 Å². The van der Waals surface area contributed by atoms with E-state index in [0.717, 1.165) is 44.9 Å². The molecule has 0 spiro atoms. The zero-order valence-corrected chi connectivity index (χ0v) is 34.8. The minimum absolute atomic E-state index is 0.0543. The molecule has 0 saturated heterocycles. The van der Waals surface area contributed by atoms with Gasteiger partial charge in [0.05, 0.1) is 49.4 Å². The number of carbonyl (C=O) groups is 2. The molecule has 0 aliphatic carbocycles. The Labute approximate surface area is 352 Å². The number of benzene rings is 4. The molecule has 2 N–H and O–H groups in total. The minimum Gasteiger partial charge on any atom is -0.497 e. The first kappa shape index (κ1) is 40.1. The van der Waals surface area contributed by atoms with Crippen molar-refractivity contribution < 1.29 is 19.1 Å². The highest BCUT2D eigenvalue weighted by Gasteiger charge is 2.32. The van der Waals surface area contributed by atoms with E-state index in [1.165, 1.54) is 0 Å². The van der Waals surface area contributed by atoms with Crippen LogP contribution in [0.4, 0.5) is 0 Å². The zero-order chi connectivity index (χ0) is 41.9. The van der Waals surface area contributed by atoms with E-state index in [4.69, 9.17) is 31.1 Å². The summed E-state index contributed by atoms with van der Waals surface area (Å²) in [5, 5.41) is 24.3. The summed E-state index contributed by atoms with van der Waals surface area (Å²) in [7, 11) is 1.62. The Bertz CT molecular complexity index is 2630. The van der Waals surface area contributed by atoms with E-state index < -0.39 is 12.1 Å². The molecular weight excluding hydrogens is 780 g/mol. The number of methoxy groups -OCH3 is 1. The van der Waals surface area contributed by atoms with Crippen molar-refractivity contribution in [2.24, 2.45) is 9.98 Å². The van der Waals surface area contributed by atoms with Crippen molar-refractivity contribution in [3.63, 3.8) is 0 Å². The van der Waals surface area contributed by atoms with E-state index in [0.29, 0.717) is 71.6 Å². The molecule has 8 rings (SSSR count). The van der Waals surface area contributed by atoms with Gasteiger partial charge in [-0.25, -0.2) is 0 Å². The summed E-state index contributed by atoms with van der Waals surface area (Å²) in [6, 6.07) is 26.1. The molecule has 0 saturated carbocycles. The standard InChI is InChI=1S/C45H45ClN10O4/c1-6-47-40(57)24-36-44-53-52-28(4)56(44)39-19-17-33(23-35(39)42(49-36)29-10-8-26(2)9-11-29)60-21-7-20-48-41(58)25-37-45-54-51-27(3)55(45)38-18-16-32(59-5)22-34(38)43(50-37)30-12-14-31(46)15-13-30/h8-19,22-23,36-37H,6-7,20-21,24-25H2,1-5H3,(H,47,57)(H,48,58). The highest BCUT2D eigenvalue weighted by atomic mass is 35.5. The number of carbonyl (C=O) groups excluding carboxylic acids is 2. The van der Waals surface area contributed by atoms with Crippen molar-refractivity contribution in [1.29, 1.82) is 0 Å². The van der Waals surface area contributed by atoms with E-state index in [1.54, 1.807) is 7.11 Å². The number of hydrogen-bond donors (Lipinski definition) is 2. The van der Waals surface area contributed by atoms with Crippen LogP contribution in [0.25, 0.3) is 11.4 Å². The minimum atomic E-state index is -0.619. The SMILES string of the molecule is CCNC(=O)CC1N=C(c2ccc(C)cc2)c2cc(OCCCNC(=O)CC3N=C(c4ccc(Cl)cc4)c4cc(OC)ccc4-n4c(C)nnc43)ccc2-n2c(C)nnc21. The number of amides is 2. The second-order valence-corrected chi connectivity index (χ2v) is 15.2. The molecule has 2 unspecified atom stereocenters. The molecule has 2 aliphatic rings. The van der Waals surface area contributed by atoms with Crippen molar-refractivity contribution >= 4 is 34.8 Å². The van der Waals surface area contributed by atoms with Crippen LogP contribution in [0.15, 0.2) is 94.9 Å². The molecule has 0 radical (unpaired) electrons. The molecule has 14 nitrogen and oxygen atoms in total. The lowest BCUT2D eigenvalue weighted by atomic mass is 9.99. The number of halogens is 1. The number of nitrogens with one attached hydrogen (secondary N) is 2. The van der Waals surface area contributed by atoms with Crippen LogP contribution in [0.2, 0.25) is 5.02 Å². The average Bonchev–Trinajstić information content (AvgIpc) is 3.75. The molecule has 0 fully saturated rings. The second-order valence-electron chi connectivity index (χ2n) is 14.7. The molecular formula is C45H45ClN10O4. The highest BCUT2D eigenvalue weighted by Crippen LogP contribution is 2.36. The monoisotopic (exact) mass is 824 g/mol.